The maximum absolute atomic E-state index is 12.2. The molecule has 0 unspecified atom stereocenters. The van der Waals surface area contributed by atoms with Gasteiger partial charge in [-0.3, -0.25) is 4.72 Å². The Bertz CT molecular complexity index is 763. The van der Waals surface area contributed by atoms with Crippen molar-refractivity contribution in [2.75, 3.05) is 4.72 Å². The summed E-state index contributed by atoms with van der Waals surface area (Å²) in [6.07, 6.45) is 0. The molecule has 2 rings (SSSR count). The molecule has 8 heteroatoms. The Labute approximate surface area is 131 Å². The molecule has 0 bridgehead atoms. The van der Waals surface area contributed by atoms with E-state index >= 15 is 0 Å². The lowest BCUT2D eigenvalue weighted by Crippen LogP contribution is -2.13. The number of aromatic hydroxyl groups is 1. The third kappa shape index (κ3) is 3.30. The van der Waals surface area contributed by atoms with Crippen molar-refractivity contribution in [2.45, 2.75) is 4.90 Å². The molecule has 0 spiro atoms. The summed E-state index contributed by atoms with van der Waals surface area (Å²) < 4.78 is 26.7. The molecule has 106 valence electrons. The molecule has 20 heavy (non-hydrogen) atoms. The highest BCUT2D eigenvalue weighted by molar-refractivity contribution is 7.92. The Morgan fingerprint density at radius 3 is 2.30 bits per heavy atom. The molecule has 0 saturated carbocycles. The molecular formula is C12H8Cl3NO3S. The first kappa shape index (κ1) is 15.3. The van der Waals surface area contributed by atoms with E-state index in [-0.39, 0.29) is 31.4 Å². The van der Waals surface area contributed by atoms with E-state index in [1.165, 1.54) is 36.4 Å². The topological polar surface area (TPSA) is 66.4 Å². The number of rotatable bonds is 3. The fourth-order valence-electron chi connectivity index (χ4n) is 1.46. The minimum absolute atomic E-state index is 0.0300. The molecule has 0 aromatic heterocycles. The van der Waals surface area contributed by atoms with Crippen LogP contribution in [0.25, 0.3) is 0 Å². The summed E-state index contributed by atoms with van der Waals surface area (Å²) in [6.45, 7) is 0. The van der Waals surface area contributed by atoms with Gasteiger partial charge in [0.05, 0.1) is 15.7 Å². The maximum atomic E-state index is 12.2. The molecule has 0 atom stereocenters. The second-order valence-electron chi connectivity index (χ2n) is 3.85. The van der Waals surface area contributed by atoms with Gasteiger partial charge in [-0.2, -0.15) is 0 Å². The molecule has 0 heterocycles. The van der Waals surface area contributed by atoms with Crippen LogP contribution in [0, 0.1) is 0 Å². The summed E-state index contributed by atoms with van der Waals surface area (Å²) >= 11 is 17.3. The van der Waals surface area contributed by atoms with Crippen LogP contribution >= 0.6 is 34.8 Å². The second kappa shape index (κ2) is 5.69. The van der Waals surface area contributed by atoms with Gasteiger partial charge in [0, 0.05) is 5.02 Å². The third-order valence-electron chi connectivity index (χ3n) is 2.38. The zero-order chi connectivity index (χ0) is 14.9. The lowest BCUT2D eigenvalue weighted by molar-refractivity contribution is 0.475. The summed E-state index contributed by atoms with van der Waals surface area (Å²) in [5, 5.41) is 9.62. The van der Waals surface area contributed by atoms with Crippen molar-refractivity contribution >= 4 is 50.5 Å². The number of phenolic OH excluding ortho intramolecular Hbond substituents is 1. The molecule has 0 radical (unpaired) electrons. The predicted molar refractivity (Wildman–Crippen MR) is 80.4 cm³/mol. The van der Waals surface area contributed by atoms with Crippen LogP contribution in [0.4, 0.5) is 5.69 Å². The minimum atomic E-state index is -3.90. The zero-order valence-electron chi connectivity index (χ0n) is 9.77. The fourth-order valence-corrected chi connectivity index (χ4v) is 3.46. The van der Waals surface area contributed by atoms with Crippen LogP contribution in [0.3, 0.4) is 0 Å². The Hall–Kier alpha value is -1.14. The molecule has 2 aromatic carbocycles. The molecule has 2 aromatic rings. The normalized spacial score (nSPS) is 11.3. The van der Waals surface area contributed by atoms with Crippen molar-refractivity contribution in [1.29, 1.82) is 0 Å². The van der Waals surface area contributed by atoms with Crippen LogP contribution in [0.15, 0.2) is 41.3 Å². The van der Waals surface area contributed by atoms with Crippen molar-refractivity contribution in [3.05, 3.63) is 51.5 Å². The van der Waals surface area contributed by atoms with E-state index in [4.69, 9.17) is 34.8 Å². The number of anilines is 1. The molecular weight excluding hydrogens is 345 g/mol. The lowest BCUT2D eigenvalue weighted by Gasteiger charge is -2.10. The second-order valence-corrected chi connectivity index (χ2v) is 6.75. The van der Waals surface area contributed by atoms with Crippen LogP contribution < -0.4 is 4.72 Å². The molecule has 0 aliphatic rings. The number of sulfonamides is 1. The smallest absolute Gasteiger partial charge is 0.263 e. The highest BCUT2D eigenvalue weighted by Crippen LogP contribution is 2.30. The first-order chi connectivity index (χ1) is 9.29. The van der Waals surface area contributed by atoms with Crippen molar-refractivity contribution in [2.24, 2.45) is 0 Å². The van der Waals surface area contributed by atoms with Gasteiger partial charge in [-0.15, -0.1) is 0 Å². The first-order valence-electron chi connectivity index (χ1n) is 5.26. The van der Waals surface area contributed by atoms with Gasteiger partial charge in [-0.25, -0.2) is 8.42 Å². The van der Waals surface area contributed by atoms with Crippen LogP contribution in [-0.4, -0.2) is 13.5 Å². The third-order valence-corrected chi connectivity index (χ3v) is 4.78. The molecule has 0 fully saturated rings. The van der Waals surface area contributed by atoms with E-state index < -0.39 is 10.0 Å². The average Bonchev–Trinajstić information content (AvgIpc) is 2.36. The van der Waals surface area contributed by atoms with Gasteiger partial charge in [-0.05, 0) is 36.4 Å². The summed E-state index contributed by atoms with van der Waals surface area (Å²) in [7, 11) is -3.90. The van der Waals surface area contributed by atoms with E-state index in [9.17, 15) is 13.5 Å². The standard InChI is InChI=1S/C12H8Cl3NO3S/c13-7-1-3-9(14)12(5-7)20(18,19)16-8-2-4-11(17)10(15)6-8/h1-6,16-17H. The number of hydrogen-bond acceptors (Lipinski definition) is 3. The average molecular weight is 353 g/mol. The molecule has 0 saturated heterocycles. The minimum Gasteiger partial charge on any atom is -0.506 e. The van der Waals surface area contributed by atoms with Crippen molar-refractivity contribution in [3.63, 3.8) is 0 Å². The maximum Gasteiger partial charge on any atom is 0.263 e. The van der Waals surface area contributed by atoms with Gasteiger partial charge in [0.2, 0.25) is 0 Å². The van der Waals surface area contributed by atoms with Crippen LogP contribution in [0.2, 0.25) is 15.1 Å². The van der Waals surface area contributed by atoms with Crippen molar-refractivity contribution < 1.29 is 13.5 Å². The summed E-state index contributed by atoms with van der Waals surface area (Å²) in [5.41, 5.74) is 0.198. The van der Waals surface area contributed by atoms with E-state index in [1.54, 1.807) is 0 Å². The highest BCUT2D eigenvalue weighted by Gasteiger charge is 2.19. The summed E-state index contributed by atoms with van der Waals surface area (Å²) in [4.78, 5) is -0.143. The zero-order valence-corrected chi connectivity index (χ0v) is 12.9. The lowest BCUT2D eigenvalue weighted by atomic mass is 10.3. The van der Waals surface area contributed by atoms with Crippen molar-refractivity contribution in [1.82, 2.24) is 0 Å². The SMILES string of the molecule is O=S(=O)(Nc1ccc(O)c(Cl)c1)c1cc(Cl)ccc1Cl. The number of halogens is 3. The Balaban J connectivity index is 2.40. The van der Waals surface area contributed by atoms with E-state index in [0.717, 1.165) is 0 Å². The highest BCUT2D eigenvalue weighted by atomic mass is 35.5. The molecule has 0 amide bonds. The fraction of sp³-hybridized carbons (Fsp3) is 0. The van der Waals surface area contributed by atoms with E-state index in [1.807, 2.05) is 0 Å². The summed E-state index contributed by atoms with van der Waals surface area (Å²) in [6, 6.07) is 8.06. The first-order valence-corrected chi connectivity index (χ1v) is 7.88. The van der Waals surface area contributed by atoms with Gasteiger partial charge >= 0.3 is 0 Å². The predicted octanol–water partition coefficient (Wildman–Crippen LogP) is 4.15. The number of phenols is 1. The number of benzene rings is 2. The van der Waals surface area contributed by atoms with Crippen LogP contribution in [0.1, 0.15) is 0 Å². The van der Waals surface area contributed by atoms with Gasteiger partial charge in [0.15, 0.2) is 0 Å². The van der Waals surface area contributed by atoms with Crippen LogP contribution in [-0.2, 0) is 10.0 Å². The quantitative estimate of drug-likeness (QED) is 0.815. The molecule has 0 aliphatic heterocycles. The monoisotopic (exact) mass is 351 g/mol. The van der Waals surface area contributed by atoms with Gasteiger partial charge in [0.1, 0.15) is 10.6 Å². The van der Waals surface area contributed by atoms with E-state index in [2.05, 4.69) is 4.72 Å². The van der Waals surface area contributed by atoms with Crippen molar-refractivity contribution in [3.8, 4) is 5.75 Å². The van der Waals surface area contributed by atoms with Gasteiger partial charge in [0.25, 0.3) is 10.0 Å². The van der Waals surface area contributed by atoms with Gasteiger partial charge < -0.3 is 5.11 Å². The number of hydrogen-bond donors (Lipinski definition) is 2. The molecule has 0 aliphatic carbocycles. The van der Waals surface area contributed by atoms with Crippen LogP contribution in [0.5, 0.6) is 5.75 Å². The van der Waals surface area contributed by atoms with Gasteiger partial charge in [-0.1, -0.05) is 34.8 Å². The summed E-state index contributed by atoms with van der Waals surface area (Å²) in [5.74, 6) is -0.143. The Morgan fingerprint density at radius 1 is 0.950 bits per heavy atom. The Kier molecular flexibility index (Phi) is 4.34. The van der Waals surface area contributed by atoms with E-state index in [0.29, 0.717) is 0 Å². The largest absolute Gasteiger partial charge is 0.506 e. The number of nitrogens with one attached hydrogen (secondary N) is 1. The molecule has 4 nitrogen and oxygen atoms in total. The molecule has 2 N–H and O–H groups in total. The Morgan fingerprint density at radius 2 is 1.65 bits per heavy atom.